The highest BCUT2D eigenvalue weighted by molar-refractivity contribution is 7.09. The summed E-state index contributed by atoms with van der Waals surface area (Å²) in [5, 5.41) is 3.52. The summed E-state index contributed by atoms with van der Waals surface area (Å²) < 4.78 is 0. The van der Waals surface area contributed by atoms with Gasteiger partial charge in [-0.3, -0.25) is 0 Å². The van der Waals surface area contributed by atoms with Crippen molar-refractivity contribution in [1.29, 1.82) is 0 Å². The van der Waals surface area contributed by atoms with Crippen molar-refractivity contribution in [1.82, 2.24) is 4.98 Å². The van der Waals surface area contributed by atoms with E-state index in [9.17, 15) is 0 Å². The second-order valence-electron chi connectivity index (χ2n) is 3.09. The van der Waals surface area contributed by atoms with Gasteiger partial charge in [-0.25, -0.2) is 4.98 Å². The first-order valence-corrected chi connectivity index (χ1v) is 5.68. The van der Waals surface area contributed by atoms with E-state index in [1.165, 1.54) is 36.4 Å². The van der Waals surface area contributed by atoms with Crippen molar-refractivity contribution in [3.8, 4) is 0 Å². The van der Waals surface area contributed by atoms with Crippen LogP contribution in [0.2, 0.25) is 0 Å². The highest BCUT2D eigenvalue weighted by Gasteiger charge is 1.99. The topological polar surface area (TPSA) is 12.9 Å². The minimum absolute atomic E-state index is 1.14. The molecule has 0 unspecified atom stereocenters. The summed E-state index contributed by atoms with van der Waals surface area (Å²) in [5.41, 5.74) is 1.29. The first kappa shape index (κ1) is 9.72. The third-order valence-electron chi connectivity index (χ3n) is 1.85. The van der Waals surface area contributed by atoms with Crippen LogP contribution < -0.4 is 0 Å². The SMILES string of the molecule is CCCCc1nc(CCC)cs1. The number of rotatable bonds is 5. The van der Waals surface area contributed by atoms with Gasteiger partial charge in [-0.05, 0) is 19.3 Å². The summed E-state index contributed by atoms with van der Waals surface area (Å²) in [6.07, 6.45) is 6.06. The molecule has 0 spiro atoms. The van der Waals surface area contributed by atoms with Gasteiger partial charge in [0.15, 0.2) is 0 Å². The van der Waals surface area contributed by atoms with E-state index in [0.717, 1.165) is 6.42 Å². The summed E-state index contributed by atoms with van der Waals surface area (Å²) in [4.78, 5) is 4.56. The first-order valence-electron chi connectivity index (χ1n) is 4.80. The van der Waals surface area contributed by atoms with Crippen LogP contribution in [-0.2, 0) is 12.8 Å². The van der Waals surface area contributed by atoms with Gasteiger partial charge in [-0.1, -0.05) is 26.7 Å². The van der Waals surface area contributed by atoms with Gasteiger partial charge < -0.3 is 0 Å². The van der Waals surface area contributed by atoms with E-state index in [1.54, 1.807) is 0 Å². The van der Waals surface area contributed by atoms with Crippen molar-refractivity contribution in [2.75, 3.05) is 0 Å². The Morgan fingerprint density at radius 1 is 1.25 bits per heavy atom. The van der Waals surface area contributed by atoms with Crippen LogP contribution in [0.4, 0.5) is 0 Å². The highest BCUT2D eigenvalue weighted by atomic mass is 32.1. The molecule has 0 aromatic carbocycles. The van der Waals surface area contributed by atoms with Crippen molar-refractivity contribution in [3.63, 3.8) is 0 Å². The van der Waals surface area contributed by atoms with Crippen LogP contribution in [0.1, 0.15) is 43.8 Å². The van der Waals surface area contributed by atoms with E-state index in [4.69, 9.17) is 0 Å². The summed E-state index contributed by atoms with van der Waals surface area (Å²) in [5.74, 6) is 0. The van der Waals surface area contributed by atoms with Gasteiger partial charge in [-0.2, -0.15) is 0 Å². The Morgan fingerprint density at radius 2 is 2.08 bits per heavy atom. The van der Waals surface area contributed by atoms with Gasteiger partial charge >= 0.3 is 0 Å². The Hall–Kier alpha value is -0.370. The lowest BCUT2D eigenvalue weighted by Gasteiger charge is -1.91. The zero-order chi connectivity index (χ0) is 8.81. The summed E-state index contributed by atoms with van der Waals surface area (Å²) in [6.45, 7) is 4.42. The minimum atomic E-state index is 1.14. The smallest absolute Gasteiger partial charge is 0.0928 e. The van der Waals surface area contributed by atoms with Crippen LogP contribution in [0.5, 0.6) is 0 Å². The third-order valence-corrected chi connectivity index (χ3v) is 2.81. The molecule has 0 bridgehead atoms. The molecule has 68 valence electrons. The molecule has 1 rings (SSSR count). The minimum Gasteiger partial charge on any atom is -0.246 e. The second kappa shape index (κ2) is 5.31. The fraction of sp³-hybridized carbons (Fsp3) is 0.700. The lowest BCUT2D eigenvalue weighted by Crippen LogP contribution is -1.86. The largest absolute Gasteiger partial charge is 0.246 e. The van der Waals surface area contributed by atoms with Crippen LogP contribution in [0.3, 0.4) is 0 Å². The molecule has 1 aromatic rings. The zero-order valence-corrected chi connectivity index (χ0v) is 8.78. The fourth-order valence-corrected chi connectivity index (χ4v) is 2.04. The predicted octanol–water partition coefficient (Wildman–Crippen LogP) is 3.44. The molecule has 0 amide bonds. The number of unbranched alkanes of at least 4 members (excludes halogenated alkanes) is 1. The van der Waals surface area contributed by atoms with Crippen LogP contribution in [-0.4, -0.2) is 4.98 Å². The molecule has 0 aliphatic rings. The Kier molecular flexibility index (Phi) is 4.30. The number of hydrogen-bond acceptors (Lipinski definition) is 2. The summed E-state index contributed by atoms with van der Waals surface area (Å²) >= 11 is 1.82. The average Bonchev–Trinajstić information content (AvgIpc) is 2.50. The maximum absolute atomic E-state index is 4.56. The number of hydrogen-bond donors (Lipinski definition) is 0. The quantitative estimate of drug-likeness (QED) is 0.681. The third kappa shape index (κ3) is 2.94. The molecule has 0 saturated carbocycles. The molecule has 0 atom stereocenters. The normalized spacial score (nSPS) is 10.5. The Balaban J connectivity index is 2.41. The van der Waals surface area contributed by atoms with Crippen LogP contribution in [0, 0.1) is 0 Å². The molecule has 12 heavy (non-hydrogen) atoms. The lowest BCUT2D eigenvalue weighted by molar-refractivity contribution is 0.782. The molecular formula is C10H17NS. The maximum Gasteiger partial charge on any atom is 0.0928 e. The van der Waals surface area contributed by atoms with Crippen molar-refractivity contribution in [3.05, 3.63) is 16.1 Å². The Labute approximate surface area is 78.8 Å². The Bertz CT molecular complexity index is 217. The van der Waals surface area contributed by atoms with Gasteiger partial charge in [0, 0.05) is 5.38 Å². The average molecular weight is 183 g/mol. The predicted molar refractivity (Wildman–Crippen MR) is 54.7 cm³/mol. The second-order valence-corrected chi connectivity index (χ2v) is 4.03. The van der Waals surface area contributed by atoms with E-state index >= 15 is 0 Å². The number of aromatic nitrogens is 1. The summed E-state index contributed by atoms with van der Waals surface area (Å²) in [7, 11) is 0. The standard InChI is InChI=1S/C10H17NS/c1-3-5-7-10-11-9(6-4-2)8-12-10/h8H,3-7H2,1-2H3. The maximum atomic E-state index is 4.56. The van der Waals surface area contributed by atoms with Crippen molar-refractivity contribution >= 4 is 11.3 Å². The van der Waals surface area contributed by atoms with Gasteiger partial charge in [0.1, 0.15) is 0 Å². The van der Waals surface area contributed by atoms with E-state index in [-0.39, 0.29) is 0 Å². The highest BCUT2D eigenvalue weighted by Crippen LogP contribution is 2.13. The van der Waals surface area contributed by atoms with Crippen LogP contribution >= 0.6 is 11.3 Å². The molecule has 0 aliphatic heterocycles. The molecule has 1 heterocycles. The molecule has 0 fully saturated rings. The van der Waals surface area contributed by atoms with E-state index in [1.807, 2.05) is 11.3 Å². The van der Waals surface area contributed by atoms with Crippen LogP contribution in [0.25, 0.3) is 0 Å². The fourth-order valence-electron chi connectivity index (χ4n) is 1.16. The van der Waals surface area contributed by atoms with Crippen molar-refractivity contribution < 1.29 is 0 Å². The zero-order valence-electron chi connectivity index (χ0n) is 7.97. The summed E-state index contributed by atoms with van der Waals surface area (Å²) in [6, 6.07) is 0. The van der Waals surface area contributed by atoms with Crippen molar-refractivity contribution in [2.24, 2.45) is 0 Å². The van der Waals surface area contributed by atoms with E-state index < -0.39 is 0 Å². The molecule has 0 radical (unpaired) electrons. The Morgan fingerprint density at radius 3 is 2.75 bits per heavy atom. The monoisotopic (exact) mass is 183 g/mol. The van der Waals surface area contributed by atoms with Gasteiger partial charge in [0.2, 0.25) is 0 Å². The van der Waals surface area contributed by atoms with Crippen molar-refractivity contribution in [2.45, 2.75) is 46.0 Å². The van der Waals surface area contributed by atoms with Crippen LogP contribution in [0.15, 0.2) is 5.38 Å². The first-order chi connectivity index (χ1) is 5.86. The van der Waals surface area contributed by atoms with E-state index in [2.05, 4.69) is 24.2 Å². The van der Waals surface area contributed by atoms with Gasteiger partial charge in [0.25, 0.3) is 0 Å². The van der Waals surface area contributed by atoms with Gasteiger partial charge in [-0.15, -0.1) is 11.3 Å². The van der Waals surface area contributed by atoms with Gasteiger partial charge in [0.05, 0.1) is 10.7 Å². The molecule has 2 heteroatoms. The number of aryl methyl sites for hydroxylation is 2. The molecule has 0 saturated heterocycles. The lowest BCUT2D eigenvalue weighted by atomic mass is 10.2. The number of thiazole rings is 1. The van der Waals surface area contributed by atoms with E-state index in [0.29, 0.717) is 0 Å². The molecule has 1 aromatic heterocycles. The molecule has 0 aliphatic carbocycles. The molecule has 0 N–H and O–H groups in total. The number of nitrogens with zero attached hydrogens (tertiary/aromatic N) is 1. The molecular weight excluding hydrogens is 166 g/mol. The molecule has 1 nitrogen and oxygen atoms in total.